The summed E-state index contributed by atoms with van der Waals surface area (Å²) in [5.41, 5.74) is 6.51. The van der Waals surface area contributed by atoms with E-state index in [-0.39, 0.29) is 0 Å². The van der Waals surface area contributed by atoms with E-state index in [1.54, 1.807) is 0 Å². The van der Waals surface area contributed by atoms with Gasteiger partial charge in [-0.1, -0.05) is 135 Å². The predicted molar refractivity (Wildman–Crippen MR) is 141 cm³/mol. The van der Waals surface area contributed by atoms with Gasteiger partial charge in [0.05, 0.1) is 0 Å². The normalized spacial score (nSPS) is 12.5. The Morgan fingerprint density at radius 1 is 0.545 bits per heavy atom. The standard InChI is InChI=1S/C32H33N/c1-26(28-15-7-3-8-16-28)23-33(24-27(2)29-17-9-4-10-18-29)25-32(30-19-11-5-12-20-30)31-21-13-6-14-22-31/h3-22,25-27H,23-24H2,1-2H3. The molecule has 0 fully saturated rings. The zero-order valence-corrected chi connectivity index (χ0v) is 19.6. The molecule has 1 nitrogen and oxygen atoms in total. The summed E-state index contributed by atoms with van der Waals surface area (Å²) in [7, 11) is 0. The third-order valence-electron chi connectivity index (χ3n) is 6.24. The molecule has 2 atom stereocenters. The Kier molecular flexibility index (Phi) is 7.76. The SMILES string of the molecule is CC(CN(C=C(c1ccccc1)c1ccccc1)CC(C)c1ccccc1)c1ccccc1. The van der Waals surface area contributed by atoms with Crippen LogP contribution in [0, 0.1) is 0 Å². The van der Waals surface area contributed by atoms with Crippen molar-refractivity contribution in [2.75, 3.05) is 13.1 Å². The van der Waals surface area contributed by atoms with E-state index in [0.717, 1.165) is 13.1 Å². The Hall–Kier alpha value is -3.58. The molecule has 1 heteroatoms. The molecule has 4 rings (SSSR count). The van der Waals surface area contributed by atoms with Crippen LogP contribution in [0.25, 0.3) is 5.57 Å². The van der Waals surface area contributed by atoms with Gasteiger partial charge in [-0.3, -0.25) is 0 Å². The largest absolute Gasteiger partial charge is 0.376 e. The first-order chi connectivity index (χ1) is 16.2. The van der Waals surface area contributed by atoms with Crippen molar-refractivity contribution in [2.45, 2.75) is 25.7 Å². The fourth-order valence-corrected chi connectivity index (χ4v) is 4.39. The summed E-state index contributed by atoms with van der Waals surface area (Å²) in [6.45, 7) is 6.58. The highest BCUT2D eigenvalue weighted by Gasteiger charge is 2.16. The van der Waals surface area contributed by atoms with Gasteiger partial charge in [0, 0.05) is 24.9 Å². The van der Waals surface area contributed by atoms with Crippen LogP contribution in [0.5, 0.6) is 0 Å². The van der Waals surface area contributed by atoms with Crippen molar-refractivity contribution in [1.82, 2.24) is 4.90 Å². The van der Waals surface area contributed by atoms with E-state index in [9.17, 15) is 0 Å². The van der Waals surface area contributed by atoms with Gasteiger partial charge in [0.15, 0.2) is 0 Å². The van der Waals surface area contributed by atoms with E-state index < -0.39 is 0 Å². The molecule has 0 aliphatic rings. The van der Waals surface area contributed by atoms with Gasteiger partial charge in [-0.2, -0.15) is 0 Å². The summed E-state index contributed by atoms with van der Waals surface area (Å²) < 4.78 is 0. The molecule has 4 aromatic carbocycles. The quantitative estimate of drug-likeness (QED) is 0.260. The van der Waals surface area contributed by atoms with Gasteiger partial charge in [-0.25, -0.2) is 0 Å². The van der Waals surface area contributed by atoms with Crippen molar-refractivity contribution in [3.8, 4) is 0 Å². The second-order valence-electron chi connectivity index (χ2n) is 8.85. The molecular formula is C32H33N. The summed E-state index contributed by atoms with van der Waals surface area (Å²) in [5.74, 6) is 0.858. The molecule has 0 radical (unpaired) electrons. The van der Waals surface area contributed by atoms with Crippen LogP contribution in [0.4, 0.5) is 0 Å². The van der Waals surface area contributed by atoms with Crippen molar-refractivity contribution in [3.63, 3.8) is 0 Å². The second kappa shape index (κ2) is 11.3. The van der Waals surface area contributed by atoms with E-state index in [4.69, 9.17) is 0 Å². The molecule has 2 unspecified atom stereocenters. The molecule has 4 aromatic rings. The van der Waals surface area contributed by atoms with E-state index >= 15 is 0 Å². The van der Waals surface area contributed by atoms with Gasteiger partial charge in [0.1, 0.15) is 0 Å². The minimum atomic E-state index is 0.429. The fourth-order valence-electron chi connectivity index (χ4n) is 4.39. The highest BCUT2D eigenvalue weighted by molar-refractivity contribution is 5.79. The summed E-state index contributed by atoms with van der Waals surface area (Å²) >= 11 is 0. The Bertz CT molecular complexity index is 1030. The predicted octanol–water partition coefficient (Wildman–Crippen LogP) is 7.99. The summed E-state index contributed by atoms with van der Waals surface area (Å²) in [4.78, 5) is 2.52. The molecule has 0 bridgehead atoms. The lowest BCUT2D eigenvalue weighted by atomic mass is 9.96. The molecule has 0 aliphatic heterocycles. The van der Waals surface area contributed by atoms with Gasteiger partial charge in [0.25, 0.3) is 0 Å². The Morgan fingerprint density at radius 3 is 1.24 bits per heavy atom. The highest BCUT2D eigenvalue weighted by Crippen LogP contribution is 2.27. The van der Waals surface area contributed by atoms with E-state index in [0.29, 0.717) is 11.8 Å². The van der Waals surface area contributed by atoms with Crippen LogP contribution >= 0.6 is 0 Å². The van der Waals surface area contributed by atoms with Gasteiger partial charge >= 0.3 is 0 Å². The summed E-state index contributed by atoms with van der Waals surface area (Å²) in [5, 5.41) is 0. The number of hydrogen-bond acceptors (Lipinski definition) is 1. The summed E-state index contributed by atoms with van der Waals surface area (Å²) in [6.07, 6.45) is 2.38. The number of hydrogen-bond donors (Lipinski definition) is 0. The second-order valence-corrected chi connectivity index (χ2v) is 8.85. The molecule has 0 saturated carbocycles. The molecule has 0 saturated heterocycles. The smallest absolute Gasteiger partial charge is 0.0239 e. The first-order valence-corrected chi connectivity index (χ1v) is 11.9. The zero-order chi connectivity index (χ0) is 22.9. The van der Waals surface area contributed by atoms with Crippen LogP contribution in [-0.4, -0.2) is 18.0 Å². The first-order valence-electron chi connectivity index (χ1n) is 11.9. The average molecular weight is 432 g/mol. The lowest BCUT2D eigenvalue weighted by Crippen LogP contribution is -2.27. The van der Waals surface area contributed by atoms with Crippen LogP contribution < -0.4 is 0 Å². The average Bonchev–Trinajstić information content (AvgIpc) is 2.89. The maximum absolute atomic E-state index is 2.52. The Balaban J connectivity index is 1.70. The van der Waals surface area contributed by atoms with Crippen molar-refractivity contribution >= 4 is 5.57 Å². The molecule has 0 amide bonds. The molecule has 33 heavy (non-hydrogen) atoms. The van der Waals surface area contributed by atoms with Crippen LogP contribution in [0.15, 0.2) is 128 Å². The lowest BCUT2D eigenvalue weighted by Gasteiger charge is -2.29. The van der Waals surface area contributed by atoms with Crippen LogP contribution in [0.2, 0.25) is 0 Å². The van der Waals surface area contributed by atoms with Gasteiger partial charge in [-0.05, 0) is 34.1 Å². The van der Waals surface area contributed by atoms with Crippen molar-refractivity contribution in [3.05, 3.63) is 150 Å². The lowest BCUT2D eigenvalue weighted by molar-refractivity contribution is 0.338. The molecule has 0 N–H and O–H groups in total. The Labute approximate surface area is 199 Å². The van der Waals surface area contributed by atoms with E-state index in [2.05, 4.69) is 146 Å². The molecule has 166 valence electrons. The number of benzene rings is 4. The zero-order valence-electron chi connectivity index (χ0n) is 19.6. The molecular weight excluding hydrogens is 398 g/mol. The monoisotopic (exact) mass is 431 g/mol. The molecule has 0 aliphatic carbocycles. The molecule has 0 aromatic heterocycles. The third-order valence-corrected chi connectivity index (χ3v) is 6.24. The number of nitrogens with zero attached hydrogens (tertiary/aromatic N) is 1. The van der Waals surface area contributed by atoms with Crippen LogP contribution in [-0.2, 0) is 0 Å². The highest BCUT2D eigenvalue weighted by atomic mass is 15.1. The van der Waals surface area contributed by atoms with Gasteiger partial charge in [0.2, 0.25) is 0 Å². The van der Waals surface area contributed by atoms with E-state index in [1.807, 2.05) is 0 Å². The topological polar surface area (TPSA) is 3.24 Å². The van der Waals surface area contributed by atoms with Crippen LogP contribution in [0.1, 0.15) is 47.9 Å². The summed E-state index contributed by atoms with van der Waals surface area (Å²) in [6, 6.07) is 43.2. The minimum absolute atomic E-state index is 0.429. The van der Waals surface area contributed by atoms with Crippen molar-refractivity contribution in [2.24, 2.45) is 0 Å². The maximum atomic E-state index is 2.52. The van der Waals surface area contributed by atoms with Crippen LogP contribution in [0.3, 0.4) is 0 Å². The first kappa shape index (κ1) is 22.6. The third kappa shape index (κ3) is 6.23. The fraction of sp³-hybridized carbons (Fsp3) is 0.188. The van der Waals surface area contributed by atoms with Gasteiger partial charge < -0.3 is 4.90 Å². The van der Waals surface area contributed by atoms with Gasteiger partial charge in [-0.15, -0.1) is 0 Å². The molecule has 0 heterocycles. The minimum Gasteiger partial charge on any atom is -0.376 e. The van der Waals surface area contributed by atoms with Crippen molar-refractivity contribution in [1.29, 1.82) is 0 Å². The van der Waals surface area contributed by atoms with Crippen molar-refractivity contribution < 1.29 is 0 Å². The Morgan fingerprint density at radius 2 is 0.879 bits per heavy atom. The maximum Gasteiger partial charge on any atom is 0.0239 e. The molecule has 0 spiro atoms. The van der Waals surface area contributed by atoms with E-state index in [1.165, 1.54) is 27.8 Å². The number of rotatable bonds is 9.